The Morgan fingerprint density at radius 3 is 2.83 bits per heavy atom. The summed E-state index contributed by atoms with van der Waals surface area (Å²) in [6, 6.07) is 2.02. The second-order valence-corrected chi connectivity index (χ2v) is 7.80. The number of hydrogen-bond donors (Lipinski definition) is 1. The molecule has 0 radical (unpaired) electrons. The fourth-order valence-electron chi connectivity index (χ4n) is 2.07. The van der Waals surface area contributed by atoms with Crippen LogP contribution in [0.3, 0.4) is 0 Å². The molecule has 1 N–H and O–H groups in total. The number of nitrogens with one attached hydrogen (secondary N) is 1. The highest BCUT2D eigenvalue weighted by molar-refractivity contribution is 7.92. The van der Waals surface area contributed by atoms with E-state index in [0.717, 1.165) is 17.7 Å². The summed E-state index contributed by atoms with van der Waals surface area (Å²) < 4.78 is 24.6. The molecule has 1 fully saturated rings. The lowest BCUT2D eigenvalue weighted by atomic mass is 10.3. The largest absolute Gasteiger partial charge is 0.349 e. The van der Waals surface area contributed by atoms with Crippen molar-refractivity contribution < 1.29 is 13.2 Å². The Morgan fingerprint density at radius 1 is 1.50 bits per heavy atom. The first kappa shape index (κ1) is 12.0. The molecule has 2 heterocycles. The van der Waals surface area contributed by atoms with Gasteiger partial charge in [0.2, 0.25) is 10.0 Å². The number of carbonyl (C=O) groups is 1. The summed E-state index contributed by atoms with van der Waals surface area (Å²) in [5, 5.41) is 2.92. The van der Waals surface area contributed by atoms with Crippen molar-refractivity contribution in [2.75, 3.05) is 17.1 Å². The summed E-state index contributed by atoms with van der Waals surface area (Å²) in [5.41, 5.74) is 0.684. The summed E-state index contributed by atoms with van der Waals surface area (Å²) in [6.07, 6.45) is 3.99. The van der Waals surface area contributed by atoms with E-state index in [2.05, 4.69) is 5.32 Å². The molecule has 1 amide bonds. The van der Waals surface area contributed by atoms with Gasteiger partial charge in [-0.25, -0.2) is 8.42 Å². The summed E-state index contributed by atoms with van der Waals surface area (Å²) in [5.74, 6) is -0.0784. The van der Waals surface area contributed by atoms with Crippen LogP contribution in [0.4, 0.5) is 5.69 Å². The average molecular weight is 286 g/mol. The van der Waals surface area contributed by atoms with Gasteiger partial charge in [0.05, 0.1) is 16.8 Å². The van der Waals surface area contributed by atoms with Crippen molar-refractivity contribution in [3.8, 4) is 0 Å². The van der Waals surface area contributed by atoms with Gasteiger partial charge < -0.3 is 5.32 Å². The molecule has 1 saturated carbocycles. The number of rotatable bonds is 3. The van der Waals surface area contributed by atoms with E-state index in [1.54, 1.807) is 6.07 Å². The van der Waals surface area contributed by atoms with Crippen molar-refractivity contribution in [3.05, 3.63) is 15.8 Å². The molecule has 3 rings (SSSR count). The topological polar surface area (TPSA) is 66.5 Å². The molecule has 2 aliphatic rings. The number of sulfonamides is 1. The second-order valence-electron chi connectivity index (χ2n) is 4.75. The van der Waals surface area contributed by atoms with Crippen LogP contribution in [-0.2, 0) is 16.4 Å². The van der Waals surface area contributed by atoms with E-state index >= 15 is 0 Å². The minimum Gasteiger partial charge on any atom is -0.349 e. The first-order chi connectivity index (χ1) is 8.45. The van der Waals surface area contributed by atoms with Crippen LogP contribution in [0, 0.1) is 0 Å². The van der Waals surface area contributed by atoms with Crippen molar-refractivity contribution in [1.29, 1.82) is 0 Å². The summed E-state index contributed by atoms with van der Waals surface area (Å²) in [6.45, 7) is 0.491. The molecule has 18 heavy (non-hydrogen) atoms. The molecule has 1 aliphatic heterocycles. The molecule has 0 atom stereocenters. The third-order valence-electron chi connectivity index (χ3n) is 3.13. The maximum absolute atomic E-state index is 11.9. The van der Waals surface area contributed by atoms with Gasteiger partial charge in [-0.3, -0.25) is 9.10 Å². The van der Waals surface area contributed by atoms with E-state index in [4.69, 9.17) is 0 Å². The lowest BCUT2D eigenvalue weighted by Crippen LogP contribution is -2.28. The van der Waals surface area contributed by atoms with Crippen LogP contribution in [0.1, 0.15) is 27.4 Å². The smallest absolute Gasteiger partial charge is 0.261 e. The first-order valence-electron chi connectivity index (χ1n) is 5.86. The standard InChI is InChI=1S/C11H14N2O3S2/c1-18(15,16)13-5-4-9-8(13)6-10(17-9)11(14)12-7-2-3-7/h6-7H,2-5H2,1H3,(H,12,14). The van der Waals surface area contributed by atoms with Gasteiger partial charge in [-0.05, 0) is 18.9 Å². The molecular formula is C11H14N2O3S2. The Balaban J connectivity index is 1.86. The Hall–Kier alpha value is -1.08. The zero-order valence-corrected chi connectivity index (χ0v) is 11.6. The van der Waals surface area contributed by atoms with Gasteiger partial charge in [-0.2, -0.15) is 0 Å². The van der Waals surface area contributed by atoms with Crippen molar-refractivity contribution in [2.45, 2.75) is 25.3 Å². The van der Waals surface area contributed by atoms with E-state index in [9.17, 15) is 13.2 Å². The molecule has 1 aliphatic carbocycles. The van der Waals surface area contributed by atoms with Crippen molar-refractivity contribution in [1.82, 2.24) is 5.32 Å². The summed E-state index contributed by atoms with van der Waals surface area (Å²) >= 11 is 1.40. The van der Waals surface area contributed by atoms with Gasteiger partial charge in [0.25, 0.3) is 5.91 Å². The SMILES string of the molecule is CS(=O)(=O)N1CCc2sc(C(=O)NC3CC3)cc21. The summed E-state index contributed by atoms with van der Waals surface area (Å²) in [7, 11) is -3.23. The summed E-state index contributed by atoms with van der Waals surface area (Å²) in [4.78, 5) is 13.5. The van der Waals surface area contributed by atoms with Crippen LogP contribution >= 0.6 is 11.3 Å². The third-order valence-corrected chi connectivity index (χ3v) is 5.50. The van der Waals surface area contributed by atoms with Crippen LogP contribution in [0.25, 0.3) is 0 Å². The van der Waals surface area contributed by atoms with Gasteiger partial charge >= 0.3 is 0 Å². The lowest BCUT2D eigenvalue weighted by Gasteiger charge is -2.14. The normalized spacial score (nSPS) is 18.8. The first-order valence-corrected chi connectivity index (χ1v) is 8.53. The Morgan fingerprint density at radius 2 is 2.22 bits per heavy atom. The van der Waals surface area contributed by atoms with Crippen molar-refractivity contribution >= 4 is 33.0 Å². The number of amides is 1. The number of hydrogen-bond acceptors (Lipinski definition) is 4. The Kier molecular flexibility index (Phi) is 2.63. The number of carbonyl (C=O) groups excluding carboxylic acids is 1. The highest BCUT2D eigenvalue weighted by Crippen LogP contribution is 2.37. The van der Waals surface area contributed by atoms with Crippen LogP contribution in [0.5, 0.6) is 0 Å². The third kappa shape index (κ3) is 2.12. The molecule has 1 aromatic rings. The fraction of sp³-hybridized carbons (Fsp3) is 0.545. The highest BCUT2D eigenvalue weighted by atomic mass is 32.2. The van der Waals surface area contributed by atoms with E-state index in [0.29, 0.717) is 29.6 Å². The highest BCUT2D eigenvalue weighted by Gasteiger charge is 2.31. The van der Waals surface area contributed by atoms with Crippen LogP contribution in [0.15, 0.2) is 6.07 Å². The fourth-order valence-corrected chi connectivity index (χ4v) is 4.13. The molecule has 98 valence electrons. The maximum Gasteiger partial charge on any atom is 0.261 e. The minimum atomic E-state index is -3.23. The van der Waals surface area contributed by atoms with Crippen molar-refractivity contribution in [2.24, 2.45) is 0 Å². The van der Waals surface area contributed by atoms with E-state index in [1.807, 2.05) is 0 Å². The molecule has 0 unspecified atom stereocenters. The molecule has 0 spiro atoms. The van der Waals surface area contributed by atoms with Crippen molar-refractivity contribution in [3.63, 3.8) is 0 Å². The number of anilines is 1. The van der Waals surface area contributed by atoms with Gasteiger partial charge in [-0.15, -0.1) is 11.3 Å². The maximum atomic E-state index is 11.9. The molecule has 7 heteroatoms. The second kappa shape index (κ2) is 3.96. The molecule has 0 aromatic carbocycles. The van der Waals surface area contributed by atoms with Crippen LogP contribution in [-0.4, -0.2) is 33.2 Å². The number of fused-ring (bicyclic) bond motifs is 1. The molecular weight excluding hydrogens is 272 g/mol. The van der Waals surface area contributed by atoms with E-state index < -0.39 is 10.0 Å². The number of nitrogens with zero attached hydrogens (tertiary/aromatic N) is 1. The average Bonchev–Trinajstić information content (AvgIpc) is 2.83. The molecule has 5 nitrogen and oxygen atoms in total. The molecule has 0 bridgehead atoms. The number of thiophene rings is 1. The monoisotopic (exact) mass is 286 g/mol. The molecule has 0 saturated heterocycles. The van der Waals surface area contributed by atoms with E-state index in [1.165, 1.54) is 21.9 Å². The predicted octanol–water partition coefficient (Wildman–Crippen LogP) is 0.962. The Labute approximate surface area is 110 Å². The lowest BCUT2D eigenvalue weighted by molar-refractivity contribution is 0.0955. The van der Waals surface area contributed by atoms with Gasteiger partial charge in [0.1, 0.15) is 0 Å². The van der Waals surface area contributed by atoms with Gasteiger partial charge in [0.15, 0.2) is 0 Å². The Bertz CT molecular complexity index is 602. The molecule has 1 aromatic heterocycles. The van der Waals surface area contributed by atoms with E-state index in [-0.39, 0.29) is 5.91 Å². The van der Waals surface area contributed by atoms with Crippen LogP contribution < -0.4 is 9.62 Å². The van der Waals surface area contributed by atoms with Gasteiger partial charge in [-0.1, -0.05) is 0 Å². The predicted molar refractivity (Wildman–Crippen MR) is 70.7 cm³/mol. The minimum absolute atomic E-state index is 0.0784. The zero-order valence-electron chi connectivity index (χ0n) is 9.97. The zero-order chi connectivity index (χ0) is 12.9. The van der Waals surface area contributed by atoms with Crippen LogP contribution in [0.2, 0.25) is 0 Å². The van der Waals surface area contributed by atoms with Gasteiger partial charge in [0, 0.05) is 23.9 Å². The quantitative estimate of drug-likeness (QED) is 0.900.